The lowest BCUT2D eigenvalue weighted by Gasteiger charge is -2.20. The van der Waals surface area contributed by atoms with Gasteiger partial charge < -0.3 is 14.5 Å². The van der Waals surface area contributed by atoms with Crippen LogP contribution in [-0.4, -0.2) is 39.7 Å². The molecule has 0 bridgehead atoms. The molecule has 4 rings (SSSR count). The van der Waals surface area contributed by atoms with Crippen LogP contribution in [0.5, 0.6) is 5.75 Å². The molecule has 2 aromatic carbocycles. The largest absolute Gasteiger partial charge is 0.485 e. The fraction of sp³-hybridized carbons (Fsp3) is 0.182. The van der Waals surface area contributed by atoms with E-state index in [1.165, 1.54) is 55.8 Å². The van der Waals surface area contributed by atoms with Gasteiger partial charge in [0.25, 0.3) is 5.91 Å². The van der Waals surface area contributed by atoms with Crippen molar-refractivity contribution in [2.45, 2.75) is 6.61 Å². The average molecular weight is 490 g/mol. The van der Waals surface area contributed by atoms with Crippen LogP contribution in [0.3, 0.4) is 0 Å². The van der Waals surface area contributed by atoms with Crippen LogP contribution in [0, 0.1) is 5.82 Å². The van der Waals surface area contributed by atoms with Crippen molar-refractivity contribution in [3.63, 3.8) is 0 Å². The first-order chi connectivity index (χ1) is 15.7. The predicted octanol–water partition coefficient (Wildman–Crippen LogP) is 4.03. The number of nitrogens with one attached hydrogen (secondary N) is 1. The molecule has 0 saturated heterocycles. The van der Waals surface area contributed by atoms with E-state index in [1.807, 2.05) is 5.38 Å². The van der Waals surface area contributed by atoms with Crippen LogP contribution in [0.1, 0.15) is 16.1 Å². The Labute approximate surface area is 193 Å². The molecule has 0 saturated carbocycles. The van der Waals surface area contributed by atoms with Crippen molar-refractivity contribution in [1.29, 1.82) is 0 Å². The molecule has 0 spiro atoms. The zero-order valence-corrected chi connectivity index (χ0v) is 19.6. The Kier molecular flexibility index (Phi) is 6.09. The highest BCUT2D eigenvalue weighted by Gasteiger charge is 2.26. The van der Waals surface area contributed by atoms with E-state index in [9.17, 15) is 17.6 Å². The van der Waals surface area contributed by atoms with Crippen LogP contribution in [0.4, 0.5) is 10.1 Å². The summed E-state index contributed by atoms with van der Waals surface area (Å²) < 4.78 is 50.9. The van der Waals surface area contributed by atoms with E-state index in [1.54, 1.807) is 11.6 Å². The number of halogens is 1. The zero-order valence-electron chi connectivity index (χ0n) is 18.0. The highest BCUT2D eigenvalue weighted by Crippen LogP contribution is 2.41. The number of furan rings is 1. The SMILES string of the molecule is CNC(=O)c1c(-c2ccc(F)cc2)oc2cc(N(C)S(C)(=O)=O)c(OCc3cscn3)cc12. The second kappa shape index (κ2) is 8.83. The van der Waals surface area contributed by atoms with Gasteiger partial charge in [0.2, 0.25) is 10.0 Å². The first-order valence-electron chi connectivity index (χ1n) is 9.71. The fourth-order valence-corrected chi connectivity index (χ4v) is 4.31. The Morgan fingerprint density at radius 3 is 2.61 bits per heavy atom. The van der Waals surface area contributed by atoms with E-state index >= 15 is 0 Å². The number of thiazole rings is 1. The highest BCUT2D eigenvalue weighted by molar-refractivity contribution is 7.92. The maximum absolute atomic E-state index is 13.4. The van der Waals surface area contributed by atoms with Gasteiger partial charge in [0.05, 0.1) is 28.7 Å². The fourth-order valence-electron chi connectivity index (χ4n) is 3.27. The minimum absolute atomic E-state index is 0.109. The number of sulfonamides is 1. The van der Waals surface area contributed by atoms with Crippen molar-refractivity contribution in [2.24, 2.45) is 0 Å². The Hall–Kier alpha value is -3.44. The molecule has 0 unspecified atom stereocenters. The second-order valence-corrected chi connectivity index (χ2v) is 9.94. The number of carbonyl (C=O) groups is 1. The molecular weight excluding hydrogens is 469 g/mol. The molecule has 0 aliphatic heterocycles. The Balaban J connectivity index is 1.93. The summed E-state index contributed by atoms with van der Waals surface area (Å²) in [7, 11) is -0.738. The van der Waals surface area contributed by atoms with Crippen LogP contribution in [0.15, 0.2) is 51.7 Å². The molecule has 1 amide bonds. The smallest absolute Gasteiger partial charge is 0.255 e. The van der Waals surface area contributed by atoms with Gasteiger partial charge in [-0.1, -0.05) is 0 Å². The second-order valence-electron chi connectivity index (χ2n) is 7.21. The minimum Gasteiger partial charge on any atom is -0.485 e. The van der Waals surface area contributed by atoms with Crippen molar-refractivity contribution in [2.75, 3.05) is 24.7 Å². The number of rotatable bonds is 7. The summed E-state index contributed by atoms with van der Waals surface area (Å²) in [6.07, 6.45) is 1.07. The third-order valence-electron chi connectivity index (χ3n) is 5.03. The summed E-state index contributed by atoms with van der Waals surface area (Å²) in [5, 5.41) is 4.83. The molecule has 8 nitrogen and oxygen atoms in total. The number of hydrogen-bond acceptors (Lipinski definition) is 7. The van der Waals surface area contributed by atoms with Gasteiger partial charge >= 0.3 is 0 Å². The van der Waals surface area contributed by atoms with Gasteiger partial charge in [-0.05, 0) is 30.3 Å². The van der Waals surface area contributed by atoms with Crippen molar-refractivity contribution < 1.29 is 26.8 Å². The number of nitrogens with zero attached hydrogens (tertiary/aromatic N) is 2. The number of anilines is 1. The molecule has 11 heteroatoms. The predicted molar refractivity (Wildman–Crippen MR) is 125 cm³/mol. The maximum atomic E-state index is 13.4. The number of aromatic nitrogens is 1. The lowest BCUT2D eigenvalue weighted by molar-refractivity contribution is 0.0964. The summed E-state index contributed by atoms with van der Waals surface area (Å²) in [6, 6.07) is 8.61. The number of benzene rings is 2. The molecule has 0 radical (unpaired) electrons. The van der Waals surface area contributed by atoms with Crippen molar-refractivity contribution >= 4 is 43.9 Å². The molecule has 0 atom stereocenters. The molecule has 0 aliphatic rings. The first-order valence-corrected chi connectivity index (χ1v) is 12.5. The van der Waals surface area contributed by atoms with Crippen molar-refractivity contribution in [3.05, 3.63) is 64.4 Å². The summed E-state index contributed by atoms with van der Waals surface area (Å²) in [6.45, 7) is 0.109. The highest BCUT2D eigenvalue weighted by atomic mass is 32.2. The molecule has 4 aromatic rings. The lowest BCUT2D eigenvalue weighted by atomic mass is 10.0. The zero-order chi connectivity index (χ0) is 23.8. The van der Waals surface area contributed by atoms with E-state index in [0.29, 0.717) is 16.6 Å². The number of carbonyl (C=O) groups excluding carboxylic acids is 1. The van der Waals surface area contributed by atoms with Crippen molar-refractivity contribution in [1.82, 2.24) is 10.3 Å². The van der Waals surface area contributed by atoms with Gasteiger partial charge in [0.15, 0.2) is 0 Å². The topological polar surface area (TPSA) is 102 Å². The Bertz CT molecular complexity index is 1410. The third kappa shape index (κ3) is 4.55. The molecule has 172 valence electrons. The first kappa shape index (κ1) is 22.7. The quantitative estimate of drug-likeness (QED) is 0.421. The Morgan fingerprint density at radius 1 is 1.27 bits per heavy atom. The average Bonchev–Trinajstić information content (AvgIpc) is 3.43. The summed E-state index contributed by atoms with van der Waals surface area (Å²) in [5.74, 6) is -0.372. The molecule has 33 heavy (non-hydrogen) atoms. The van der Waals surface area contributed by atoms with E-state index in [2.05, 4.69) is 10.3 Å². The summed E-state index contributed by atoms with van der Waals surface area (Å²) >= 11 is 1.41. The van der Waals surface area contributed by atoms with Gasteiger partial charge in [-0.2, -0.15) is 0 Å². The monoisotopic (exact) mass is 489 g/mol. The van der Waals surface area contributed by atoms with Crippen molar-refractivity contribution in [3.8, 4) is 17.1 Å². The standard InChI is InChI=1S/C22H20FN3O5S2/c1-24-22(27)20-16-8-19(30-10-15-11-32-12-25-15)17(26(2)33(3,28)29)9-18(16)31-21(20)13-4-6-14(23)7-5-13/h4-9,11-12H,10H2,1-3H3,(H,24,27). The van der Waals surface area contributed by atoms with E-state index in [0.717, 1.165) is 10.6 Å². The Morgan fingerprint density at radius 2 is 2.00 bits per heavy atom. The van der Waals surface area contributed by atoms with Gasteiger partial charge in [-0.25, -0.2) is 17.8 Å². The van der Waals surface area contributed by atoms with Crippen LogP contribution in [-0.2, 0) is 16.6 Å². The van der Waals surface area contributed by atoms with Gasteiger partial charge in [0.1, 0.15) is 29.5 Å². The van der Waals surface area contributed by atoms with E-state index in [-0.39, 0.29) is 35.0 Å². The van der Waals surface area contributed by atoms with E-state index < -0.39 is 21.7 Å². The third-order valence-corrected chi connectivity index (χ3v) is 6.85. The molecule has 0 aliphatic carbocycles. The normalized spacial score (nSPS) is 11.5. The molecule has 2 aromatic heterocycles. The lowest BCUT2D eigenvalue weighted by Crippen LogP contribution is -2.25. The molecule has 1 N–H and O–H groups in total. The number of ether oxygens (including phenoxy) is 1. The molecule has 0 fully saturated rings. The van der Waals surface area contributed by atoms with Gasteiger partial charge in [0, 0.05) is 36.5 Å². The minimum atomic E-state index is -3.62. The molecule has 2 heterocycles. The van der Waals surface area contributed by atoms with E-state index in [4.69, 9.17) is 9.15 Å². The van der Waals surface area contributed by atoms with Crippen LogP contribution >= 0.6 is 11.3 Å². The summed E-state index contributed by atoms with van der Waals surface area (Å²) in [4.78, 5) is 17.0. The van der Waals surface area contributed by atoms with Gasteiger partial charge in [-0.3, -0.25) is 9.10 Å². The van der Waals surface area contributed by atoms with Crippen LogP contribution < -0.4 is 14.4 Å². The van der Waals surface area contributed by atoms with Gasteiger partial charge in [-0.15, -0.1) is 11.3 Å². The summed E-state index contributed by atoms with van der Waals surface area (Å²) in [5.41, 5.74) is 3.59. The maximum Gasteiger partial charge on any atom is 0.255 e. The number of hydrogen-bond donors (Lipinski definition) is 1. The van der Waals surface area contributed by atoms with Crippen LogP contribution in [0.25, 0.3) is 22.3 Å². The number of fused-ring (bicyclic) bond motifs is 1. The van der Waals surface area contributed by atoms with Crippen LogP contribution in [0.2, 0.25) is 0 Å². The number of amides is 1. The molecular formula is C22H20FN3O5S2.